The molecular formula is C15H12ClFO2. The van der Waals surface area contributed by atoms with Crippen molar-refractivity contribution >= 4 is 17.4 Å². The third-order valence-corrected chi connectivity index (χ3v) is 2.88. The van der Waals surface area contributed by atoms with Crippen LogP contribution >= 0.6 is 11.6 Å². The molecule has 0 N–H and O–H groups in total. The van der Waals surface area contributed by atoms with E-state index in [9.17, 15) is 9.18 Å². The van der Waals surface area contributed by atoms with Crippen molar-refractivity contribution in [2.45, 2.75) is 13.5 Å². The fourth-order valence-corrected chi connectivity index (χ4v) is 1.81. The Balaban J connectivity index is 2.12. The molecule has 19 heavy (non-hydrogen) atoms. The molecule has 0 aliphatic rings. The van der Waals surface area contributed by atoms with Crippen LogP contribution < -0.4 is 4.74 Å². The highest BCUT2D eigenvalue weighted by molar-refractivity contribution is 6.30. The minimum atomic E-state index is -0.368. The summed E-state index contributed by atoms with van der Waals surface area (Å²) in [5.74, 6) is 0.110. The Morgan fingerprint density at radius 1 is 1.26 bits per heavy atom. The van der Waals surface area contributed by atoms with Gasteiger partial charge in [-0.3, -0.25) is 4.79 Å². The van der Waals surface area contributed by atoms with Crippen LogP contribution in [-0.4, -0.2) is 5.78 Å². The van der Waals surface area contributed by atoms with Gasteiger partial charge < -0.3 is 4.74 Å². The number of benzene rings is 2. The second-order valence-corrected chi connectivity index (χ2v) is 4.54. The summed E-state index contributed by atoms with van der Waals surface area (Å²) in [7, 11) is 0. The number of ether oxygens (including phenoxy) is 1. The Labute approximate surface area is 115 Å². The van der Waals surface area contributed by atoms with Crippen LogP contribution in [-0.2, 0) is 6.61 Å². The third-order valence-electron chi connectivity index (χ3n) is 2.64. The summed E-state index contributed by atoms with van der Waals surface area (Å²) in [5, 5.41) is 0.456. The molecule has 0 atom stereocenters. The summed E-state index contributed by atoms with van der Waals surface area (Å²) in [6.45, 7) is 1.55. The third kappa shape index (κ3) is 3.55. The molecule has 0 heterocycles. The van der Waals surface area contributed by atoms with Crippen molar-refractivity contribution in [1.29, 1.82) is 0 Å². The molecule has 2 nitrogen and oxygen atoms in total. The molecule has 0 fully saturated rings. The first kappa shape index (κ1) is 13.6. The Morgan fingerprint density at radius 2 is 2.05 bits per heavy atom. The number of Topliss-reactive ketones (excluding diaryl/α,β-unsaturated/α-hetero) is 1. The fourth-order valence-electron chi connectivity index (χ4n) is 1.62. The number of ketones is 1. The topological polar surface area (TPSA) is 26.3 Å². The smallest absolute Gasteiger partial charge is 0.159 e. The molecule has 0 aromatic heterocycles. The first-order valence-electron chi connectivity index (χ1n) is 5.74. The molecular weight excluding hydrogens is 267 g/mol. The molecule has 0 aliphatic carbocycles. The standard InChI is InChI=1S/C15H12ClFO2/c1-10(18)11-3-2-4-14(8-11)19-9-12-7-13(16)5-6-15(12)17/h2-8H,9H2,1H3. The van der Waals surface area contributed by atoms with Crippen molar-refractivity contribution in [1.82, 2.24) is 0 Å². The molecule has 0 saturated heterocycles. The summed E-state index contributed by atoms with van der Waals surface area (Å²) in [6.07, 6.45) is 0. The molecule has 0 radical (unpaired) electrons. The first-order chi connectivity index (χ1) is 9.06. The Bertz CT molecular complexity index is 611. The van der Waals surface area contributed by atoms with Crippen LogP contribution in [0.2, 0.25) is 5.02 Å². The molecule has 0 unspecified atom stereocenters. The van der Waals surface area contributed by atoms with Crippen LogP contribution in [0.15, 0.2) is 42.5 Å². The van der Waals surface area contributed by atoms with Crippen LogP contribution in [0.1, 0.15) is 22.8 Å². The maximum Gasteiger partial charge on any atom is 0.159 e. The number of hydrogen-bond acceptors (Lipinski definition) is 2. The quantitative estimate of drug-likeness (QED) is 0.781. The van der Waals surface area contributed by atoms with Crippen molar-refractivity contribution in [3.63, 3.8) is 0 Å². The van der Waals surface area contributed by atoms with Gasteiger partial charge in [0.25, 0.3) is 0 Å². The number of halogens is 2. The van der Waals surface area contributed by atoms with Gasteiger partial charge in [-0.1, -0.05) is 23.7 Å². The lowest BCUT2D eigenvalue weighted by Crippen LogP contribution is -2.00. The molecule has 0 bridgehead atoms. The molecule has 2 rings (SSSR count). The van der Waals surface area contributed by atoms with Crippen molar-refractivity contribution < 1.29 is 13.9 Å². The van der Waals surface area contributed by atoms with E-state index < -0.39 is 0 Å². The van der Waals surface area contributed by atoms with E-state index in [2.05, 4.69) is 0 Å². The fraction of sp³-hybridized carbons (Fsp3) is 0.133. The van der Waals surface area contributed by atoms with Gasteiger partial charge >= 0.3 is 0 Å². The molecule has 0 aliphatic heterocycles. The second-order valence-electron chi connectivity index (χ2n) is 4.11. The van der Waals surface area contributed by atoms with Gasteiger partial charge in [0.1, 0.15) is 18.2 Å². The number of carbonyl (C=O) groups excluding carboxylic acids is 1. The van der Waals surface area contributed by atoms with Crippen LogP contribution in [0.3, 0.4) is 0 Å². The zero-order chi connectivity index (χ0) is 13.8. The average Bonchev–Trinajstić information content (AvgIpc) is 2.40. The van der Waals surface area contributed by atoms with Gasteiger partial charge in [0.2, 0.25) is 0 Å². The molecule has 2 aromatic carbocycles. The zero-order valence-corrected chi connectivity index (χ0v) is 11.1. The maximum absolute atomic E-state index is 13.5. The molecule has 98 valence electrons. The van der Waals surface area contributed by atoms with Gasteiger partial charge in [-0.05, 0) is 37.3 Å². The summed E-state index contributed by atoms with van der Waals surface area (Å²) in [5.41, 5.74) is 0.935. The summed E-state index contributed by atoms with van der Waals surface area (Å²) >= 11 is 5.80. The summed E-state index contributed by atoms with van der Waals surface area (Å²) < 4.78 is 19.0. The first-order valence-corrected chi connectivity index (χ1v) is 6.12. The number of hydrogen-bond donors (Lipinski definition) is 0. The monoisotopic (exact) mass is 278 g/mol. The van der Waals surface area contributed by atoms with Gasteiger partial charge in [0.15, 0.2) is 5.78 Å². The van der Waals surface area contributed by atoms with Gasteiger partial charge in [0, 0.05) is 16.1 Å². The lowest BCUT2D eigenvalue weighted by molar-refractivity contribution is 0.101. The van der Waals surface area contributed by atoms with Crippen LogP contribution in [0, 0.1) is 5.82 Å². The number of rotatable bonds is 4. The average molecular weight is 279 g/mol. The van der Waals surface area contributed by atoms with E-state index >= 15 is 0 Å². The summed E-state index contributed by atoms with van der Waals surface area (Å²) in [6, 6.07) is 11.1. The SMILES string of the molecule is CC(=O)c1cccc(OCc2cc(Cl)ccc2F)c1. The van der Waals surface area contributed by atoms with Gasteiger partial charge in [-0.15, -0.1) is 0 Å². The van der Waals surface area contributed by atoms with E-state index in [0.29, 0.717) is 21.9 Å². The molecule has 0 amide bonds. The molecule has 4 heteroatoms. The van der Waals surface area contributed by atoms with E-state index in [-0.39, 0.29) is 18.2 Å². The molecule has 0 saturated carbocycles. The minimum Gasteiger partial charge on any atom is -0.489 e. The van der Waals surface area contributed by atoms with E-state index in [1.807, 2.05) is 0 Å². The van der Waals surface area contributed by atoms with E-state index in [0.717, 1.165) is 0 Å². The Hall–Kier alpha value is -1.87. The summed E-state index contributed by atoms with van der Waals surface area (Å²) in [4.78, 5) is 11.2. The Kier molecular flexibility index (Phi) is 4.17. The largest absolute Gasteiger partial charge is 0.489 e. The van der Waals surface area contributed by atoms with Crippen molar-refractivity contribution in [3.8, 4) is 5.75 Å². The minimum absolute atomic E-state index is 0.0422. The Morgan fingerprint density at radius 3 is 2.79 bits per heavy atom. The lowest BCUT2D eigenvalue weighted by Gasteiger charge is -2.08. The predicted octanol–water partition coefficient (Wildman–Crippen LogP) is 4.26. The maximum atomic E-state index is 13.5. The highest BCUT2D eigenvalue weighted by Gasteiger charge is 2.05. The van der Waals surface area contributed by atoms with Crippen molar-refractivity contribution in [2.24, 2.45) is 0 Å². The lowest BCUT2D eigenvalue weighted by atomic mass is 10.1. The highest BCUT2D eigenvalue weighted by Crippen LogP contribution is 2.19. The van der Waals surface area contributed by atoms with Crippen LogP contribution in [0.25, 0.3) is 0 Å². The van der Waals surface area contributed by atoms with E-state index in [4.69, 9.17) is 16.3 Å². The van der Waals surface area contributed by atoms with Crippen LogP contribution in [0.4, 0.5) is 4.39 Å². The van der Waals surface area contributed by atoms with Gasteiger partial charge in [-0.2, -0.15) is 0 Å². The van der Waals surface area contributed by atoms with E-state index in [1.54, 1.807) is 24.3 Å². The van der Waals surface area contributed by atoms with Crippen molar-refractivity contribution in [3.05, 3.63) is 64.4 Å². The molecule has 0 spiro atoms. The number of carbonyl (C=O) groups is 1. The van der Waals surface area contributed by atoms with Gasteiger partial charge in [0.05, 0.1) is 0 Å². The van der Waals surface area contributed by atoms with E-state index in [1.165, 1.54) is 25.1 Å². The normalized spacial score (nSPS) is 10.3. The zero-order valence-electron chi connectivity index (χ0n) is 10.3. The second kappa shape index (κ2) is 5.85. The van der Waals surface area contributed by atoms with Crippen LogP contribution in [0.5, 0.6) is 5.75 Å². The highest BCUT2D eigenvalue weighted by atomic mass is 35.5. The van der Waals surface area contributed by atoms with Gasteiger partial charge in [-0.25, -0.2) is 4.39 Å². The predicted molar refractivity (Wildman–Crippen MR) is 72.2 cm³/mol. The molecule has 2 aromatic rings. The van der Waals surface area contributed by atoms with Crippen molar-refractivity contribution in [2.75, 3.05) is 0 Å².